The van der Waals surface area contributed by atoms with Gasteiger partial charge in [0.05, 0.1) is 16.4 Å². The van der Waals surface area contributed by atoms with Crippen LogP contribution in [0.15, 0.2) is 42.6 Å². The second-order valence-electron chi connectivity index (χ2n) is 4.72. The van der Waals surface area contributed by atoms with Crippen LogP contribution in [0.2, 0.25) is 5.02 Å². The summed E-state index contributed by atoms with van der Waals surface area (Å²) < 4.78 is 15.3. The molecule has 0 bridgehead atoms. The molecule has 3 rings (SSSR count). The van der Waals surface area contributed by atoms with Crippen molar-refractivity contribution in [3.05, 3.63) is 59.1 Å². The first-order valence-corrected chi connectivity index (χ1v) is 7.63. The maximum Gasteiger partial charge on any atom is 0.137 e. The smallest absolute Gasteiger partial charge is 0.137 e. The zero-order chi connectivity index (χ0) is 16.3. The standard InChI is InChI=1S/C15H13ClFN3.C2H6/c1-9(18)14-15(10-3-2-4-12(17)7-10)20-8-11(16)5-6-13(20)19-14;1-2/h2-9H,18H2,1H3;1-2H3. The summed E-state index contributed by atoms with van der Waals surface area (Å²) in [4.78, 5) is 4.52. The Labute approximate surface area is 134 Å². The molecule has 1 atom stereocenters. The molecule has 2 heterocycles. The van der Waals surface area contributed by atoms with Gasteiger partial charge in [0.25, 0.3) is 0 Å². The Kier molecular flexibility index (Phi) is 5.16. The number of fused-ring (bicyclic) bond motifs is 1. The quantitative estimate of drug-likeness (QED) is 0.734. The van der Waals surface area contributed by atoms with Gasteiger partial charge in [0, 0.05) is 17.8 Å². The summed E-state index contributed by atoms with van der Waals surface area (Å²) in [5.74, 6) is -0.296. The van der Waals surface area contributed by atoms with Gasteiger partial charge in [0.1, 0.15) is 11.5 Å². The van der Waals surface area contributed by atoms with E-state index in [0.717, 1.165) is 22.6 Å². The number of imidazole rings is 1. The minimum atomic E-state index is -0.296. The number of hydrogen-bond acceptors (Lipinski definition) is 2. The minimum absolute atomic E-state index is 0.257. The largest absolute Gasteiger partial charge is 0.323 e. The molecule has 0 amide bonds. The third kappa shape index (κ3) is 3.13. The molecule has 5 heteroatoms. The van der Waals surface area contributed by atoms with Crippen LogP contribution in [0.3, 0.4) is 0 Å². The van der Waals surface area contributed by atoms with Gasteiger partial charge in [-0.1, -0.05) is 37.6 Å². The molecule has 1 aromatic carbocycles. The van der Waals surface area contributed by atoms with Crippen LogP contribution in [0.5, 0.6) is 0 Å². The van der Waals surface area contributed by atoms with Crippen LogP contribution in [0, 0.1) is 5.82 Å². The van der Waals surface area contributed by atoms with Gasteiger partial charge in [0.15, 0.2) is 0 Å². The third-order valence-electron chi connectivity index (χ3n) is 3.14. The van der Waals surface area contributed by atoms with Gasteiger partial charge in [-0.15, -0.1) is 0 Å². The molecule has 0 saturated heterocycles. The average Bonchev–Trinajstić information content (AvgIpc) is 2.88. The van der Waals surface area contributed by atoms with Crippen LogP contribution in [-0.4, -0.2) is 9.38 Å². The van der Waals surface area contributed by atoms with E-state index < -0.39 is 0 Å². The van der Waals surface area contributed by atoms with E-state index in [1.165, 1.54) is 12.1 Å². The van der Waals surface area contributed by atoms with Crippen LogP contribution in [-0.2, 0) is 0 Å². The van der Waals surface area contributed by atoms with Crippen molar-refractivity contribution in [3.63, 3.8) is 0 Å². The van der Waals surface area contributed by atoms with Gasteiger partial charge in [-0.3, -0.25) is 4.40 Å². The first-order chi connectivity index (χ1) is 10.6. The second-order valence-corrected chi connectivity index (χ2v) is 5.16. The SMILES string of the molecule is CC.CC(N)c1nc2ccc(Cl)cn2c1-c1cccc(F)c1. The van der Waals surface area contributed by atoms with Crippen molar-refractivity contribution in [2.24, 2.45) is 5.73 Å². The average molecular weight is 320 g/mol. The van der Waals surface area contributed by atoms with Gasteiger partial charge >= 0.3 is 0 Å². The van der Waals surface area contributed by atoms with E-state index in [2.05, 4.69) is 4.98 Å². The number of nitrogens with two attached hydrogens (primary N) is 1. The first kappa shape index (κ1) is 16.5. The number of rotatable bonds is 2. The lowest BCUT2D eigenvalue weighted by Crippen LogP contribution is -2.07. The number of benzene rings is 1. The molecule has 0 aliphatic rings. The van der Waals surface area contributed by atoms with E-state index in [1.807, 2.05) is 37.3 Å². The van der Waals surface area contributed by atoms with Crippen LogP contribution >= 0.6 is 11.6 Å². The van der Waals surface area contributed by atoms with Crippen molar-refractivity contribution in [3.8, 4) is 11.3 Å². The highest BCUT2D eigenvalue weighted by Gasteiger charge is 2.17. The number of nitrogens with zero attached hydrogens (tertiary/aromatic N) is 2. The van der Waals surface area contributed by atoms with E-state index in [-0.39, 0.29) is 11.9 Å². The molecular weight excluding hydrogens is 301 g/mol. The molecule has 0 aliphatic carbocycles. The highest BCUT2D eigenvalue weighted by atomic mass is 35.5. The Morgan fingerprint density at radius 2 is 1.95 bits per heavy atom. The van der Waals surface area contributed by atoms with Gasteiger partial charge in [-0.25, -0.2) is 9.37 Å². The summed E-state index contributed by atoms with van der Waals surface area (Å²) in [6.45, 7) is 5.85. The lowest BCUT2D eigenvalue weighted by atomic mass is 10.1. The van der Waals surface area contributed by atoms with Crippen LogP contribution < -0.4 is 5.73 Å². The van der Waals surface area contributed by atoms with E-state index in [9.17, 15) is 4.39 Å². The van der Waals surface area contributed by atoms with Crippen molar-refractivity contribution in [2.75, 3.05) is 0 Å². The molecule has 3 aromatic rings. The van der Waals surface area contributed by atoms with Crippen molar-refractivity contribution < 1.29 is 4.39 Å². The predicted octanol–water partition coefficient (Wildman–Crippen LogP) is 4.84. The fourth-order valence-electron chi connectivity index (χ4n) is 2.28. The second kappa shape index (κ2) is 6.90. The molecule has 0 spiro atoms. The van der Waals surface area contributed by atoms with Crippen LogP contribution in [0.4, 0.5) is 4.39 Å². The fourth-order valence-corrected chi connectivity index (χ4v) is 2.44. The zero-order valence-corrected chi connectivity index (χ0v) is 13.6. The minimum Gasteiger partial charge on any atom is -0.323 e. The number of halogens is 2. The fraction of sp³-hybridized carbons (Fsp3) is 0.235. The summed E-state index contributed by atoms with van der Waals surface area (Å²) in [6, 6.07) is 9.70. The molecule has 1 unspecified atom stereocenters. The summed E-state index contributed by atoms with van der Waals surface area (Å²) >= 11 is 6.04. The Morgan fingerprint density at radius 3 is 2.59 bits per heavy atom. The Bertz CT molecular complexity index is 781. The Hall–Kier alpha value is -1.91. The first-order valence-electron chi connectivity index (χ1n) is 7.25. The highest BCUT2D eigenvalue weighted by molar-refractivity contribution is 6.30. The zero-order valence-electron chi connectivity index (χ0n) is 12.8. The normalized spacial score (nSPS) is 11.9. The summed E-state index contributed by atoms with van der Waals surface area (Å²) in [7, 11) is 0. The van der Waals surface area contributed by atoms with Crippen molar-refractivity contribution in [2.45, 2.75) is 26.8 Å². The predicted molar refractivity (Wildman–Crippen MR) is 89.5 cm³/mol. The maximum absolute atomic E-state index is 13.5. The molecule has 2 N–H and O–H groups in total. The van der Waals surface area contributed by atoms with Gasteiger partial charge in [0.2, 0.25) is 0 Å². The Balaban J connectivity index is 0.000000847. The lowest BCUT2D eigenvalue weighted by Gasteiger charge is -2.08. The molecular formula is C17H19ClFN3. The van der Waals surface area contributed by atoms with Crippen LogP contribution in [0.1, 0.15) is 32.5 Å². The summed E-state index contributed by atoms with van der Waals surface area (Å²) in [6.07, 6.45) is 1.76. The van der Waals surface area contributed by atoms with Crippen molar-refractivity contribution in [1.29, 1.82) is 0 Å². The van der Waals surface area contributed by atoms with E-state index >= 15 is 0 Å². The third-order valence-corrected chi connectivity index (χ3v) is 3.36. The molecule has 0 aliphatic heterocycles. The highest BCUT2D eigenvalue weighted by Crippen LogP contribution is 2.29. The number of aromatic nitrogens is 2. The van der Waals surface area contributed by atoms with Gasteiger partial charge in [-0.05, 0) is 31.2 Å². The molecule has 2 aromatic heterocycles. The van der Waals surface area contributed by atoms with Crippen molar-refractivity contribution in [1.82, 2.24) is 9.38 Å². The topological polar surface area (TPSA) is 43.3 Å². The van der Waals surface area contributed by atoms with E-state index in [4.69, 9.17) is 17.3 Å². The molecule has 116 valence electrons. The molecule has 0 fully saturated rings. The Morgan fingerprint density at radius 1 is 1.23 bits per heavy atom. The van der Waals surface area contributed by atoms with Gasteiger partial charge in [-0.2, -0.15) is 0 Å². The van der Waals surface area contributed by atoms with E-state index in [0.29, 0.717) is 5.02 Å². The van der Waals surface area contributed by atoms with Crippen molar-refractivity contribution >= 4 is 17.2 Å². The lowest BCUT2D eigenvalue weighted by molar-refractivity contribution is 0.628. The van der Waals surface area contributed by atoms with E-state index in [1.54, 1.807) is 18.3 Å². The molecule has 22 heavy (non-hydrogen) atoms. The summed E-state index contributed by atoms with van der Waals surface area (Å²) in [5.41, 5.74) is 8.95. The molecule has 3 nitrogen and oxygen atoms in total. The summed E-state index contributed by atoms with van der Waals surface area (Å²) in [5, 5.41) is 0.587. The number of hydrogen-bond donors (Lipinski definition) is 1. The number of pyridine rings is 1. The maximum atomic E-state index is 13.5. The monoisotopic (exact) mass is 319 g/mol. The van der Waals surface area contributed by atoms with Crippen LogP contribution in [0.25, 0.3) is 16.9 Å². The van der Waals surface area contributed by atoms with Gasteiger partial charge < -0.3 is 5.73 Å². The molecule has 0 radical (unpaired) electrons. The molecule has 0 saturated carbocycles.